The molecule has 0 atom stereocenters. The molecule has 0 spiro atoms. The largest absolute Gasteiger partial charge is 0.494 e. The molecule has 112 valence electrons. The van der Waals surface area contributed by atoms with Crippen LogP contribution < -0.4 is 9.64 Å². The van der Waals surface area contributed by atoms with E-state index in [2.05, 4.69) is 9.88 Å². The molecule has 0 N–H and O–H groups in total. The Morgan fingerprint density at radius 1 is 1.43 bits per heavy atom. The summed E-state index contributed by atoms with van der Waals surface area (Å²) in [7, 11) is 1.65. The molecular formula is C15H18N2O3S. The lowest BCUT2D eigenvalue weighted by Gasteiger charge is -2.38. The van der Waals surface area contributed by atoms with E-state index in [1.807, 2.05) is 32.0 Å². The van der Waals surface area contributed by atoms with E-state index in [1.54, 1.807) is 18.4 Å². The first-order chi connectivity index (χ1) is 10.1. The van der Waals surface area contributed by atoms with E-state index in [0.29, 0.717) is 13.1 Å². The molecule has 3 rings (SSSR count). The summed E-state index contributed by atoms with van der Waals surface area (Å²) in [6.07, 6.45) is -0.0196. The van der Waals surface area contributed by atoms with Crippen molar-refractivity contribution in [1.29, 1.82) is 0 Å². The van der Waals surface area contributed by atoms with Gasteiger partial charge in [0.1, 0.15) is 17.4 Å². The predicted molar refractivity (Wildman–Crippen MR) is 83.1 cm³/mol. The molecule has 1 saturated heterocycles. The number of thiazole rings is 1. The van der Waals surface area contributed by atoms with Crippen LogP contribution in [-0.4, -0.2) is 37.3 Å². The van der Waals surface area contributed by atoms with Crippen molar-refractivity contribution in [3.8, 4) is 5.75 Å². The average molecular weight is 306 g/mol. The molecule has 0 bridgehead atoms. The van der Waals surface area contributed by atoms with Crippen LogP contribution in [0.3, 0.4) is 0 Å². The lowest BCUT2D eigenvalue weighted by Crippen LogP contribution is -2.53. The quantitative estimate of drug-likeness (QED) is 0.813. The molecule has 1 fully saturated rings. The zero-order chi connectivity index (χ0) is 15.0. The number of methoxy groups -OCH3 is 1. The summed E-state index contributed by atoms with van der Waals surface area (Å²) in [4.78, 5) is 18.3. The first-order valence-corrected chi connectivity index (χ1v) is 7.79. The minimum Gasteiger partial charge on any atom is -0.494 e. The number of anilines is 1. The molecule has 0 unspecified atom stereocenters. The summed E-state index contributed by atoms with van der Waals surface area (Å²) >= 11 is 1.63. The minimum atomic E-state index is -0.134. The van der Waals surface area contributed by atoms with Gasteiger partial charge >= 0.3 is 5.97 Å². The number of aromatic nitrogens is 1. The number of hydrogen-bond acceptors (Lipinski definition) is 6. The Balaban J connectivity index is 1.69. The van der Waals surface area contributed by atoms with Gasteiger partial charge < -0.3 is 14.4 Å². The Bertz CT molecular complexity index is 662. The Morgan fingerprint density at radius 2 is 2.19 bits per heavy atom. The van der Waals surface area contributed by atoms with Gasteiger partial charge in [0.25, 0.3) is 0 Å². The number of esters is 1. The molecular weight excluding hydrogens is 288 g/mol. The van der Waals surface area contributed by atoms with Crippen LogP contribution in [0.15, 0.2) is 18.2 Å². The van der Waals surface area contributed by atoms with Crippen molar-refractivity contribution in [1.82, 2.24) is 4.98 Å². The summed E-state index contributed by atoms with van der Waals surface area (Å²) in [5.74, 6) is 0.578. The molecule has 2 aromatic rings. The Kier molecular flexibility index (Phi) is 3.71. The minimum absolute atomic E-state index is 0.0196. The van der Waals surface area contributed by atoms with Gasteiger partial charge in [-0.25, -0.2) is 4.98 Å². The highest BCUT2D eigenvalue weighted by Gasteiger charge is 2.32. The smallest absolute Gasteiger partial charge is 0.308 e. The van der Waals surface area contributed by atoms with Gasteiger partial charge in [0.2, 0.25) is 0 Å². The van der Waals surface area contributed by atoms with Crippen LogP contribution in [0.1, 0.15) is 13.8 Å². The Hall–Kier alpha value is -1.82. The summed E-state index contributed by atoms with van der Waals surface area (Å²) in [6.45, 7) is 5.11. The van der Waals surface area contributed by atoms with E-state index >= 15 is 0 Å². The van der Waals surface area contributed by atoms with Crippen LogP contribution in [0.4, 0.5) is 5.13 Å². The fourth-order valence-electron chi connectivity index (χ4n) is 2.18. The lowest BCUT2D eigenvalue weighted by atomic mass is 10.1. The molecule has 1 aliphatic heterocycles. The van der Waals surface area contributed by atoms with Crippen molar-refractivity contribution in [3.63, 3.8) is 0 Å². The molecule has 0 amide bonds. The molecule has 1 aromatic heterocycles. The van der Waals surface area contributed by atoms with Gasteiger partial charge in [-0.3, -0.25) is 4.79 Å². The normalized spacial score (nSPS) is 15.3. The van der Waals surface area contributed by atoms with Crippen molar-refractivity contribution in [3.05, 3.63) is 18.2 Å². The third-order valence-corrected chi connectivity index (χ3v) is 4.54. The van der Waals surface area contributed by atoms with Crippen LogP contribution in [0.2, 0.25) is 0 Å². The lowest BCUT2D eigenvalue weighted by molar-refractivity contribution is -0.153. The number of hydrogen-bond donors (Lipinski definition) is 0. The van der Waals surface area contributed by atoms with Gasteiger partial charge in [0, 0.05) is 0 Å². The average Bonchev–Trinajstić information content (AvgIpc) is 2.84. The molecule has 21 heavy (non-hydrogen) atoms. The number of carbonyl (C=O) groups is 1. The third kappa shape index (κ3) is 2.68. The van der Waals surface area contributed by atoms with Crippen LogP contribution in [0.5, 0.6) is 5.75 Å². The van der Waals surface area contributed by atoms with Crippen molar-refractivity contribution in [2.45, 2.75) is 20.0 Å². The molecule has 5 nitrogen and oxygen atoms in total. The number of rotatable bonds is 4. The maximum Gasteiger partial charge on any atom is 0.308 e. The monoisotopic (exact) mass is 306 g/mol. The van der Waals surface area contributed by atoms with Gasteiger partial charge in [0.15, 0.2) is 5.13 Å². The van der Waals surface area contributed by atoms with E-state index in [-0.39, 0.29) is 18.0 Å². The van der Waals surface area contributed by atoms with Gasteiger partial charge in [-0.05, 0) is 12.1 Å². The fraction of sp³-hybridized carbons (Fsp3) is 0.467. The Labute approximate surface area is 127 Å². The highest BCUT2D eigenvalue weighted by atomic mass is 32.1. The van der Waals surface area contributed by atoms with Crippen molar-refractivity contribution in [2.75, 3.05) is 25.1 Å². The molecule has 0 radical (unpaired) electrons. The molecule has 1 aromatic carbocycles. The van der Waals surface area contributed by atoms with Crippen molar-refractivity contribution < 1.29 is 14.3 Å². The van der Waals surface area contributed by atoms with E-state index in [0.717, 1.165) is 21.1 Å². The summed E-state index contributed by atoms with van der Waals surface area (Å²) in [5, 5.41) is 0.950. The van der Waals surface area contributed by atoms with Crippen molar-refractivity contribution >= 4 is 32.7 Å². The highest BCUT2D eigenvalue weighted by molar-refractivity contribution is 7.22. The first kappa shape index (κ1) is 14.1. The predicted octanol–water partition coefficient (Wildman–Crippen LogP) is 2.69. The zero-order valence-electron chi connectivity index (χ0n) is 12.3. The number of para-hydroxylation sites is 1. The fourth-order valence-corrected chi connectivity index (χ4v) is 3.18. The second-order valence-electron chi connectivity index (χ2n) is 5.42. The second-order valence-corrected chi connectivity index (χ2v) is 6.43. The molecule has 0 aliphatic carbocycles. The molecule has 1 aliphatic rings. The first-order valence-electron chi connectivity index (χ1n) is 6.97. The van der Waals surface area contributed by atoms with E-state index in [1.165, 1.54) is 0 Å². The number of carbonyl (C=O) groups excluding carboxylic acids is 1. The van der Waals surface area contributed by atoms with Crippen LogP contribution in [-0.2, 0) is 9.53 Å². The SMILES string of the molecule is COc1cccc2sc(N3CC(OC(=O)C(C)C)C3)nc12. The van der Waals surface area contributed by atoms with Gasteiger partial charge in [0.05, 0.1) is 30.8 Å². The maximum absolute atomic E-state index is 11.5. The van der Waals surface area contributed by atoms with Crippen LogP contribution >= 0.6 is 11.3 Å². The van der Waals surface area contributed by atoms with Crippen LogP contribution in [0.25, 0.3) is 10.2 Å². The summed E-state index contributed by atoms with van der Waals surface area (Å²) < 4.78 is 11.8. The number of nitrogens with zero attached hydrogens (tertiary/aromatic N) is 2. The number of fused-ring (bicyclic) bond motifs is 1. The molecule has 2 heterocycles. The van der Waals surface area contributed by atoms with E-state index in [9.17, 15) is 4.79 Å². The van der Waals surface area contributed by atoms with Gasteiger partial charge in [-0.15, -0.1) is 0 Å². The maximum atomic E-state index is 11.5. The number of benzene rings is 1. The highest BCUT2D eigenvalue weighted by Crippen LogP contribution is 2.35. The third-order valence-electron chi connectivity index (χ3n) is 3.46. The van der Waals surface area contributed by atoms with Crippen molar-refractivity contribution in [2.24, 2.45) is 5.92 Å². The molecule has 0 saturated carbocycles. The zero-order valence-corrected chi connectivity index (χ0v) is 13.1. The summed E-state index contributed by atoms with van der Waals surface area (Å²) in [5.41, 5.74) is 0.891. The van der Waals surface area contributed by atoms with Gasteiger partial charge in [-0.1, -0.05) is 31.3 Å². The van der Waals surface area contributed by atoms with Gasteiger partial charge in [-0.2, -0.15) is 0 Å². The molecule has 6 heteroatoms. The standard InChI is InChI=1S/C15H18N2O3S/c1-9(2)14(18)20-10-7-17(8-10)15-16-13-11(19-3)5-4-6-12(13)21-15/h4-6,9-10H,7-8H2,1-3H3. The van der Waals surface area contributed by atoms with Crippen LogP contribution in [0, 0.1) is 5.92 Å². The topological polar surface area (TPSA) is 51.7 Å². The number of ether oxygens (including phenoxy) is 2. The summed E-state index contributed by atoms with van der Waals surface area (Å²) in [6, 6.07) is 5.91. The van der Waals surface area contributed by atoms with E-state index < -0.39 is 0 Å². The Morgan fingerprint density at radius 3 is 2.86 bits per heavy atom. The van der Waals surface area contributed by atoms with E-state index in [4.69, 9.17) is 9.47 Å². The second kappa shape index (κ2) is 5.52.